The van der Waals surface area contributed by atoms with Gasteiger partial charge in [0.2, 0.25) is 0 Å². The number of rotatable bonds is 1. The topological polar surface area (TPSA) is 91.7 Å². The number of allylic oxidation sites excluding steroid dienone is 1. The van der Waals surface area contributed by atoms with Crippen molar-refractivity contribution < 1.29 is 22.9 Å². The van der Waals surface area contributed by atoms with Crippen molar-refractivity contribution in [1.29, 1.82) is 0 Å². The average Bonchev–Trinajstić information content (AvgIpc) is 2.82. The molecule has 7 atom stereocenters. The van der Waals surface area contributed by atoms with E-state index in [0.29, 0.717) is 30.5 Å². The number of aliphatic hydroxyl groups excluding tert-OH is 1. The van der Waals surface area contributed by atoms with Gasteiger partial charge in [-0.1, -0.05) is 25.5 Å². The van der Waals surface area contributed by atoms with Gasteiger partial charge in [0, 0.05) is 17.3 Å². The lowest BCUT2D eigenvalue weighted by Gasteiger charge is -2.58. The summed E-state index contributed by atoms with van der Waals surface area (Å²) in [6.07, 6.45) is 5.99. The molecule has 25 heavy (non-hydrogen) atoms. The van der Waals surface area contributed by atoms with Crippen LogP contribution in [-0.4, -0.2) is 35.2 Å². The second kappa shape index (κ2) is 5.40. The third-order valence-corrected chi connectivity index (χ3v) is 9.62. The quantitative estimate of drug-likeness (QED) is 0.548. The molecule has 0 aromatic rings. The predicted molar refractivity (Wildman–Crippen MR) is 93.4 cm³/mol. The van der Waals surface area contributed by atoms with Crippen LogP contribution in [0.15, 0.2) is 11.6 Å². The molecule has 0 spiro atoms. The standard InChI is InChI=1S/C19H28O5S/c1-18-8-7-15-13(14(18)5-6-16(18)21)4-3-11-9-12(20)10-17(19(11,15)2)25(22,23)24/h3,12-15,17,20H,4-10H2,1-2H3,(H,22,23,24)/t12?,13-,14-,15+,17?,18-,19-/m0/s1. The first-order valence-electron chi connectivity index (χ1n) is 9.45. The molecule has 3 fully saturated rings. The van der Waals surface area contributed by atoms with E-state index in [4.69, 9.17) is 0 Å². The minimum Gasteiger partial charge on any atom is -0.393 e. The van der Waals surface area contributed by atoms with Crippen LogP contribution in [0, 0.1) is 28.6 Å². The minimum atomic E-state index is -4.25. The van der Waals surface area contributed by atoms with Gasteiger partial charge in [-0.05, 0) is 56.3 Å². The molecule has 0 radical (unpaired) electrons. The van der Waals surface area contributed by atoms with Crippen molar-refractivity contribution in [2.24, 2.45) is 28.6 Å². The Hall–Kier alpha value is -0.720. The summed E-state index contributed by atoms with van der Waals surface area (Å²) < 4.78 is 34.3. The van der Waals surface area contributed by atoms with E-state index in [1.165, 1.54) is 0 Å². The molecule has 4 aliphatic rings. The first-order chi connectivity index (χ1) is 11.6. The van der Waals surface area contributed by atoms with Crippen LogP contribution >= 0.6 is 0 Å². The maximum Gasteiger partial charge on any atom is 0.268 e. The second-order valence-electron chi connectivity index (χ2n) is 9.14. The predicted octanol–water partition coefficient (Wildman–Crippen LogP) is 2.75. The molecule has 4 rings (SSSR count). The monoisotopic (exact) mass is 368 g/mol. The van der Waals surface area contributed by atoms with Gasteiger partial charge in [0.25, 0.3) is 10.1 Å². The van der Waals surface area contributed by atoms with E-state index in [1.54, 1.807) is 0 Å². The maximum atomic E-state index is 12.4. The van der Waals surface area contributed by atoms with Gasteiger partial charge in [-0.25, -0.2) is 0 Å². The first kappa shape index (κ1) is 17.7. The van der Waals surface area contributed by atoms with Crippen molar-refractivity contribution in [1.82, 2.24) is 0 Å². The summed E-state index contributed by atoms with van der Waals surface area (Å²) in [7, 11) is -4.25. The Kier molecular flexibility index (Phi) is 3.82. The Bertz CT molecular complexity index is 741. The van der Waals surface area contributed by atoms with Crippen LogP contribution in [-0.2, 0) is 14.9 Å². The Morgan fingerprint density at radius 3 is 2.60 bits per heavy atom. The lowest BCUT2D eigenvalue weighted by molar-refractivity contribution is -0.131. The summed E-state index contributed by atoms with van der Waals surface area (Å²) in [6.45, 7) is 4.06. The number of ketones is 1. The summed E-state index contributed by atoms with van der Waals surface area (Å²) in [4.78, 5) is 12.4. The van der Waals surface area contributed by atoms with E-state index in [0.717, 1.165) is 31.3 Å². The molecule has 140 valence electrons. The third kappa shape index (κ3) is 2.33. The van der Waals surface area contributed by atoms with E-state index in [1.807, 2.05) is 6.92 Å². The molecule has 0 heterocycles. The molecular weight excluding hydrogens is 340 g/mol. The molecule has 0 aromatic heterocycles. The van der Waals surface area contributed by atoms with Crippen molar-refractivity contribution in [3.8, 4) is 0 Å². The smallest absolute Gasteiger partial charge is 0.268 e. The van der Waals surface area contributed by atoms with Crippen molar-refractivity contribution in [3.63, 3.8) is 0 Å². The number of hydrogen-bond acceptors (Lipinski definition) is 4. The summed E-state index contributed by atoms with van der Waals surface area (Å²) in [5, 5.41) is 9.20. The highest BCUT2D eigenvalue weighted by molar-refractivity contribution is 7.86. The number of carbonyl (C=O) groups is 1. The van der Waals surface area contributed by atoms with Gasteiger partial charge >= 0.3 is 0 Å². The number of fused-ring (bicyclic) bond motifs is 5. The highest BCUT2D eigenvalue weighted by Gasteiger charge is 2.62. The van der Waals surface area contributed by atoms with Gasteiger partial charge < -0.3 is 5.11 Å². The van der Waals surface area contributed by atoms with Crippen LogP contribution in [0.3, 0.4) is 0 Å². The Labute approximate surface area is 149 Å². The third-order valence-electron chi connectivity index (χ3n) is 8.21. The molecular formula is C19H28O5S. The van der Waals surface area contributed by atoms with Crippen molar-refractivity contribution in [3.05, 3.63) is 11.6 Å². The van der Waals surface area contributed by atoms with Gasteiger partial charge in [0.05, 0.1) is 11.4 Å². The van der Waals surface area contributed by atoms with Gasteiger partial charge in [0.15, 0.2) is 0 Å². The summed E-state index contributed by atoms with van der Waals surface area (Å²) in [5.74, 6) is 1.11. The van der Waals surface area contributed by atoms with Crippen molar-refractivity contribution in [2.45, 2.75) is 70.1 Å². The summed E-state index contributed by atoms with van der Waals surface area (Å²) in [6, 6.07) is 0. The van der Waals surface area contributed by atoms with Crippen LogP contribution in [0.1, 0.15) is 58.8 Å². The van der Waals surface area contributed by atoms with Gasteiger partial charge in [0.1, 0.15) is 5.78 Å². The maximum absolute atomic E-state index is 12.4. The molecule has 0 amide bonds. The van der Waals surface area contributed by atoms with Crippen molar-refractivity contribution in [2.75, 3.05) is 0 Å². The molecule has 0 bridgehead atoms. The molecule has 5 nitrogen and oxygen atoms in total. The van der Waals surface area contributed by atoms with Crippen LogP contribution in [0.25, 0.3) is 0 Å². The lowest BCUT2D eigenvalue weighted by atomic mass is 9.48. The molecule has 3 saturated carbocycles. The van der Waals surface area contributed by atoms with Crippen LogP contribution in [0.4, 0.5) is 0 Å². The second-order valence-corrected chi connectivity index (χ2v) is 10.7. The van der Waals surface area contributed by atoms with E-state index in [9.17, 15) is 22.9 Å². The Morgan fingerprint density at radius 2 is 1.92 bits per heavy atom. The highest BCUT2D eigenvalue weighted by Crippen LogP contribution is 2.64. The van der Waals surface area contributed by atoms with Gasteiger partial charge in [-0.3, -0.25) is 9.35 Å². The molecule has 2 N–H and O–H groups in total. The molecule has 2 unspecified atom stereocenters. The van der Waals surface area contributed by atoms with Crippen LogP contribution in [0.2, 0.25) is 0 Å². The van der Waals surface area contributed by atoms with Gasteiger partial charge in [-0.15, -0.1) is 0 Å². The number of Topliss-reactive ketones (excluding diaryl/α,β-unsaturated/α-hetero) is 1. The zero-order valence-corrected chi connectivity index (χ0v) is 15.8. The molecule has 0 aliphatic heterocycles. The van der Waals surface area contributed by atoms with E-state index < -0.39 is 26.9 Å². The summed E-state index contributed by atoms with van der Waals surface area (Å²) >= 11 is 0. The minimum absolute atomic E-state index is 0.0940. The van der Waals surface area contributed by atoms with E-state index >= 15 is 0 Å². The first-order valence-corrected chi connectivity index (χ1v) is 11.0. The summed E-state index contributed by atoms with van der Waals surface area (Å²) in [5.41, 5.74) is 0.0934. The normalized spacial score (nSPS) is 49.8. The van der Waals surface area contributed by atoms with E-state index in [2.05, 4.69) is 13.0 Å². The molecule has 4 aliphatic carbocycles. The van der Waals surface area contributed by atoms with Crippen LogP contribution < -0.4 is 0 Å². The highest BCUT2D eigenvalue weighted by atomic mass is 32.2. The number of carbonyl (C=O) groups excluding carboxylic acids is 1. The van der Waals surface area contributed by atoms with Gasteiger partial charge in [-0.2, -0.15) is 8.42 Å². The zero-order chi connectivity index (χ0) is 18.2. The Balaban J connectivity index is 1.79. The van der Waals surface area contributed by atoms with E-state index in [-0.39, 0.29) is 17.8 Å². The van der Waals surface area contributed by atoms with Crippen molar-refractivity contribution >= 4 is 15.9 Å². The number of hydrogen-bond donors (Lipinski definition) is 2. The lowest BCUT2D eigenvalue weighted by Crippen LogP contribution is -2.57. The fourth-order valence-electron chi connectivity index (χ4n) is 6.88. The largest absolute Gasteiger partial charge is 0.393 e. The zero-order valence-electron chi connectivity index (χ0n) is 14.9. The SMILES string of the molecule is C[C@]12CC[C@@H]3[C@@H](CC=C4CC(O)CC(S(=O)(=O)O)[C@@]43C)[C@@H]1CCC2=O. The molecule has 6 heteroatoms. The van der Waals surface area contributed by atoms with Crippen LogP contribution in [0.5, 0.6) is 0 Å². The molecule has 0 aromatic carbocycles. The fraction of sp³-hybridized carbons (Fsp3) is 0.842. The Morgan fingerprint density at radius 1 is 1.20 bits per heavy atom. The molecule has 0 saturated heterocycles. The fourth-order valence-corrected chi connectivity index (χ4v) is 8.29. The number of aliphatic hydroxyl groups is 1. The average molecular weight is 368 g/mol.